The van der Waals surface area contributed by atoms with Crippen LogP contribution in [0.25, 0.3) is 11.6 Å². The zero-order chi connectivity index (χ0) is 17.9. The average molecular weight is 378 g/mol. The van der Waals surface area contributed by atoms with E-state index in [4.69, 9.17) is 11.6 Å². The molecule has 0 spiro atoms. The lowest BCUT2D eigenvalue weighted by Crippen LogP contribution is -2.28. The lowest BCUT2D eigenvalue weighted by molar-refractivity contribution is 0.572. The Hall–Kier alpha value is -2.29. The summed E-state index contributed by atoms with van der Waals surface area (Å²) in [4.78, 5) is 12.7. The maximum Gasteiger partial charge on any atom is 0.240 e. The highest BCUT2D eigenvalue weighted by molar-refractivity contribution is 7.89. The summed E-state index contributed by atoms with van der Waals surface area (Å²) in [6.07, 6.45) is 6.64. The van der Waals surface area contributed by atoms with E-state index in [1.165, 1.54) is 6.07 Å². The minimum Gasteiger partial charge on any atom is -0.327 e. The van der Waals surface area contributed by atoms with Crippen LogP contribution in [0.1, 0.15) is 5.56 Å². The van der Waals surface area contributed by atoms with E-state index in [-0.39, 0.29) is 11.4 Å². The fourth-order valence-corrected chi connectivity index (χ4v) is 3.88. The van der Waals surface area contributed by atoms with Crippen molar-refractivity contribution < 1.29 is 8.42 Å². The van der Waals surface area contributed by atoms with E-state index in [2.05, 4.69) is 19.7 Å². The van der Waals surface area contributed by atoms with Gasteiger partial charge < -0.3 is 4.57 Å². The molecular weight excluding hydrogens is 362 g/mol. The van der Waals surface area contributed by atoms with Crippen LogP contribution in [0.4, 0.5) is 0 Å². The Bertz CT molecular complexity index is 973. The van der Waals surface area contributed by atoms with E-state index >= 15 is 0 Å². The van der Waals surface area contributed by atoms with Crippen molar-refractivity contribution in [3.63, 3.8) is 0 Å². The molecule has 0 saturated heterocycles. The largest absolute Gasteiger partial charge is 0.327 e. The number of hydrogen-bond acceptors (Lipinski definition) is 5. The number of aromatic nitrogens is 4. The molecule has 7 nitrogen and oxygen atoms in total. The first-order chi connectivity index (χ1) is 12.0. The van der Waals surface area contributed by atoms with Crippen molar-refractivity contribution >= 4 is 21.6 Å². The second kappa shape index (κ2) is 7.30. The van der Waals surface area contributed by atoms with Crippen molar-refractivity contribution in [1.29, 1.82) is 0 Å². The Kier molecular flexibility index (Phi) is 5.12. The molecule has 0 saturated carbocycles. The van der Waals surface area contributed by atoms with Crippen LogP contribution in [0.5, 0.6) is 0 Å². The van der Waals surface area contributed by atoms with Gasteiger partial charge in [-0.1, -0.05) is 17.7 Å². The predicted octanol–water partition coefficient (Wildman–Crippen LogP) is 2.28. The summed E-state index contributed by atoms with van der Waals surface area (Å²) in [5.74, 6) is 1.07. The number of rotatable bonds is 6. The standard InChI is InChI=1S/C16H16ClN5O2S/c1-12-13(17)4-2-5-14(12)25(23,24)21-9-11-22-10-8-20-16(22)15-18-6-3-7-19-15/h2-8,10,21H,9,11H2,1H3. The smallest absolute Gasteiger partial charge is 0.240 e. The molecule has 0 radical (unpaired) electrons. The first-order valence-electron chi connectivity index (χ1n) is 7.52. The quantitative estimate of drug-likeness (QED) is 0.711. The van der Waals surface area contributed by atoms with Crippen molar-refractivity contribution in [1.82, 2.24) is 24.2 Å². The second-order valence-electron chi connectivity index (χ2n) is 5.28. The first-order valence-corrected chi connectivity index (χ1v) is 9.38. The number of sulfonamides is 1. The van der Waals surface area contributed by atoms with Crippen LogP contribution < -0.4 is 4.72 Å². The van der Waals surface area contributed by atoms with E-state index in [9.17, 15) is 8.42 Å². The molecule has 1 N–H and O–H groups in total. The highest BCUT2D eigenvalue weighted by Crippen LogP contribution is 2.22. The molecule has 0 atom stereocenters. The maximum absolute atomic E-state index is 12.5. The van der Waals surface area contributed by atoms with Crippen LogP contribution in [0.3, 0.4) is 0 Å². The molecule has 0 aliphatic carbocycles. The van der Waals surface area contributed by atoms with Gasteiger partial charge in [0.05, 0.1) is 4.90 Å². The van der Waals surface area contributed by atoms with Gasteiger partial charge in [-0.05, 0) is 30.7 Å². The summed E-state index contributed by atoms with van der Waals surface area (Å²) in [6.45, 7) is 2.27. The van der Waals surface area contributed by atoms with Gasteiger partial charge in [-0.2, -0.15) is 0 Å². The fraction of sp³-hybridized carbons (Fsp3) is 0.188. The number of hydrogen-bond donors (Lipinski definition) is 1. The minimum absolute atomic E-state index is 0.178. The second-order valence-corrected chi connectivity index (χ2v) is 7.42. The van der Waals surface area contributed by atoms with Gasteiger partial charge >= 0.3 is 0 Å². The molecule has 0 unspecified atom stereocenters. The lowest BCUT2D eigenvalue weighted by atomic mass is 10.2. The van der Waals surface area contributed by atoms with Crippen LogP contribution in [0.15, 0.2) is 53.9 Å². The summed E-state index contributed by atoms with van der Waals surface area (Å²) in [7, 11) is -3.64. The van der Waals surface area contributed by atoms with Gasteiger partial charge in [0, 0.05) is 42.9 Å². The Morgan fingerprint density at radius 3 is 2.64 bits per heavy atom. The van der Waals surface area contributed by atoms with Gasteiger partial charge in [-0.3, -0.25) is 0 Å². The van der Waals surface area contributed by atoms with Crippen molar-refractivity contribution in [3.05, 3.63) is 59.6 Å². The predicted molar refractivity (Wildman–Crippen MR) is 94.6 cm³/mol. The van der Waals surface area contributed by atoms with Gasteiger partial charge in [0.25, 0.3) is 0 Å². The molecule has 130 valence electrons. The molecule has 0 aliphatic rings. The van der Waals surface area contributed by atoms with Crippen molar-refractivity contribution in [2.24, 2.45) is 0 Å². The van der Waals surface area contributed by atoms with Crippen molar-refractivity contribution in [3.8, 4) is 11.6 Å². The molecule has 0 bridgehead atoms. The van der Waals surface area contributed by atoms with E-state index in [1.54, 1.807) is 54.5 Å². The molecule has 3 aromatic rings. The number of imidazole rings is 1. The van der Waals surface area contributed by atoms with E-state index in [1.807, 2.05) is 0 Å². The highest BCUT2D eigenvalue weighted by Gasteiger charge is 2.18. The summed E-state index contributed by atoms with van der Waals surface area (Å²) >= 11 is 6.01. The van der Waals surface area contributed by atoms with E-state index < -0.39 is 10.0 Å². The highest BCUT2D eigenvalue weighted by atomic mass is 35.5. The van der Waals surface area contributed by atoms with Gasteiger partial charge in [0.1, 0.15) is 0 Å². The Morgan fingerprint density at radius 1 is 1.12 bits per heavy atom. The number of nitrogens with zero attached hydrogens (tertiary/aromatic N) is 4. The first kappa shape index (κ1) is 17.5. The Labute approximate surface area is 150 Å². The molecule has 0 fully saturated rings. The molecular formula is C16H16ClN5O2S. The molecule has 2 heterocycles. The zero-order valence-electron chi connectivity index (χ0n) is 13.4. The number of halogens is 1. The summed E-state index contributed by atoms with van der Waals surface area (Å²) in [5, 5.41) is 0.418. The third kappa shape index (κ3) is 3.87. The van der Waals surface area contributed by atoms with Gasteiger partial charge in [-0.25, -0.2) is 28.1 Å². The summed E-state index contributed by atoms with van der Waals surface area (Å²) < 4.78 is 29.3. The topological polar surface area (TPSA) is 89.8 Å². The van der Waals surface area contributed by atoms with Crippen LogP contribution >= 0.6 is 11.6 Å². The molecule has 25 heavy (non-hydrogen) atoms. The van der Waals surface area contributed by atoms with Gasteiger partial charge in [-0.15, -0.1) is 0 Å². The fourth-order valence-electron chi connectivity index (χ4n) is 2.37. The monoisotopic (exact) mass is 377 g/mol. The van der Waals surface area contributed by atoms with E-state index in [0.29, 0.717) is 28.8 Å². The van der Waals surface area contributed by atoms with Crippen molar-refractivity contribution in [2.75, 3.05) is 6.54 Å². The maximum atomic E-state index is 12.5. The summed E-state index contributed by atoms with van der Waals surface area (Å²) in [5.41, 5.74) is 0.526. The molecule has 2 aromatic heterocycles. The third-order valence-corrected chi connectivity index (χ3v) is 5.65. The molecule has 0 amide bonds. The molecule has 9 heteroatoms. The normalized spacial score (nSPS) is 11.6. The molecule has 0 aliphatic heterocycles. The number of benzene rings is 1. The van der Waals surface area contributed by atoms with Crippen LogP contribution in [-0.2, 0) is 16.6 Å². The molecule has 1 aromatic carbocycles. The van der Waals surface area contributed by atoms with Crippen LogP contribution in [0.2, 0.25) is 5.02 Å². The lowest BCUT2D eigenvalue weighted by Gasteiger charge is -2.11. The molecule has 3 rings (SSSR count). The van der Waals surface area contributed by atoms with Crippen LogP contribution in [0, 0.1) is 6.92 Å². The zero-order valence-corrected chi connectivity index (χ0v) is 15.0. The third-order valence-electron chi connectivity index (χ3n) is 3.63. The Balaban J connectivity index is 1.72. The minimum atomic E-state index is -3.64. The van der Waals surface area contributed by atoms with E-state index in [0.717, 1.165) is 0 Å². The van der Waals surface area contributed by atoms with Crippen LogP contribution in [-0.4, -0.2) is 34.5 Å². The van der Waals surface area contributed by atoms with Gasteiger partial charge in [0.2, 0.25) is 10.0 Å². The number of nitrogens with one attached hydrogen (secondary N) is 1. The average Bonchev–Trinajstić information content (AvgIpc) is 3.06. The van der Waals surface area contributed by atoms with Gasteiger partial charge in [0.15, 0.2) is 11.6 Å². The van der Waals surface area contributed by atoms with Crippen molar-refractivity contribution in [2.45, 2.75) is 18.4 Å². The summed E-state index contributed by atoms with van der Waals surface area (Å²) in [6, 6.07) is 6.53. The SMILES string of the molecule is Cc1c(Cl)cccc1S(=O)(=O)NCCn1ccnc1-c1ncccn1. The Morgan fingerprint density at radius 2 is 1.88 bits per heavy atom.